The number of aromatic nitrogens is 1. The molecule has 6 rings (SSSR count). The number of hydrogen-bond donors (Lipinski definition) is 1. The fourth-order valence-corrected chi connectivity index (χ4v) is 4.75. The summed E-state index contributed by atoms with van der Waals surface area (Å²) in [6, 6.07) is 21.6. The van der Waals surface area contributed by atoms with Crippen molar-refractivity contribution in [2.45, 2.75) is 19.0 Å². The third kappa shape index (κ3) is 2.83. The van der Waals surface area contributed by atoms with Crippen LogP contribution in [0.2, 0.25) is 0 Å². The van der Waals surface area contributed by atoms with Crippen molar-refractivity contribution >= 4 is 39.7 Å². The molecule has 6 nitrogen and oxygen atoms in total. The number of benzene rings is 3. The van der Waals surface area contributed by atoms with Crippen molar-refractivity contribution in [2.24, 2.45) is 5.10 Å². The summed E-state index contributed by atoms with van der Waals surface area (Å²) in [5.74, 6) is -0.212. The van der Waals surface area contributed by atoms with Gasteiger partial charge < -0.3 is 9.88 Å². The van der Waals surface area contributed by atoms with E-state index in [1.165, 1.54) is 5.01 Å². The van der Waals surface area contributed by atoms with E-state index in [4.69, 9.17) is 0 Å². The molecular formula is C25H20N4O2. The lowest BCUT2D eigenvalue weighted by molar-refractivity contribution is -0.157. The van der Waals surface area contributed by atoms with Gasteiger partial charge in [0.1, 0.15) is 12.6 Å². The number of carbonyl (C=O) groups excluding carboxylic acids is 2. The van der Waals surface area contributed by atoms with Gasteiger partial charge in [-0.3, -0.25) is 9.59 Å². The van der Waals surface area contributed by atoms with Gasteiger partial charge in [0.2, 0.25) is 5.91 Å². The Balaban J connectivity index is 1.32. The highest BCUT2D eigenvalue weighted by molar-refractivity contribution is 6.01. The van der Waals surface area contributed by atoms with Gasteiger partial charge in [-0.2, -0.15) is 5.10 Å². The summed E-state index contributed by atoms with van der Waals surface area (Å²) in [5.41, 5.74) is 4.10. The molecule has 0 unspecified atom stereocenters. The van der Waals surface area contributed by atoms with Gasteiger partial charge in [0, 0.05) is 28.6 Å². The van der Waals surface area contributed by atoms with Gasteiger partial charge in [0.15, 0.2) is 0 Å². The van der Waals surface area contributed by atoms with E-state index in [-0.39, 0.29) is 18.4 Å². The van der Waals surface area contributed by atoms with Gasteiger partial charge in [-0.25, -0.2) is 5.01 Å². The Morgan fingerprint density at radius 3 is 2.58 bits per heavy atom. The summed E-state index contributed by atoms with van der Waals surface area (Å²) in [5, 5.41) is 9.05. The Kier molecular flexibility index (Phi) is 3.93. The molecule has 2 amide bonds. The first-order chi connectivity index (χ1) is 15.2. The van der Waals surface area contributed by atoms with E-state index < -0.39 is 6.04 Å². The van der Waals surface area contributed by atoms with E-state index in [0.717, 1.165) is 38.5 Å². The van der Waals surface area contributed by atoms with E-state index in [1.54, 1.807) is 11.1 Å². The number of fused-ring (bicyclic) bond motifs is 5. The zero-order valence-corrected chi connectivity index (χ0v) is 16.8. The molecule has 0 saturated carbocycles. The van der Waals surface area contributed by atoms with Crippen molar-refractivity contribution in [3.05, 3.63) is 83.6 Å². The van der Waals surface area contributed by atoms with Crippen LogP contribution >= 0.6 is 0 Å². The van der Waals surface area contributed by atoms with E-state index >= 15 is 0 Å². The van der Waals surface area contributed by atoms with Crippen molar-refractivity contribution < 1.29 is 9.59 Å². The lowest BCUT2D eigenvalue weighted by atomic mass is 9.94. The molecule has 0 aliphatic carbocycles. The van der Waals surface area contributed by atoms with Crippen LogP contribution in [0, 0.1) is 0 Å². The summed E-state index contributed by atoms with van der Waals surface area (Å²) in [4.78, 5) is 31.2. The molecule has 2 aliphatic heterocycles. The lowest BCUT2D eigenvalue weighted by Crippen LogP contribution is -2.60. The normalized spacial score (nSPS) is 18.8. The molecule has 3 heterocycles. The first-order valence-corrected chi connectivity index (χ1v) is 10.4. The van der Waals surface area contributed by atoms with E-state index in [9.17, 15) is 9.59 Å². The quantitative estimate of drug-likeness (QED) is 0.516. The van der Waals surface area contributed by atoms with Gasteiger partial charge in [0.25, 0.3) is 5.91 Å². The number of rotatable bonds is 2. The third-order valence-electron chi connectivity index (χ3n) is 6.31. The van der Waals surface area contributed by atoms with Crippen LogP contribution in [0.3, 0.4) is 0 Å². The zero-order valence-electron chi connectivity index (χ0n) is 16.8. The van der Waals surface area contributed by atoms with Crippen molar-refractivity contribution in [2.75, 3.05) is 6.54 Å². The average Bonchev–Trinajstić information content (AvgIpc) is 3.17. The van der Waals surface area contributed by atoms with Crippen LogP contribution in [-0.2, 0) is 22.6 Å². The molecule has 0 bridgehead atoms. The summed E-state index contributed by atoms with van der Waals surface area (Å²) in [7, 11) is 0. The van der Waals surface area contributed by atoms with Gasteiger partial charge in [-0.05, 0) is 22.4 Å². The minimum atomic E-state index is -0.516. The lowest BCUT2D eigenvalue weighted by Gasteiger charge is -2.40. The Morgan fingerprint density at radius 2 is 1.68 bits per heavy atom. The topological polar surface area (TPSA) is 68.8 Å². The Morgan fingerprint density at radius 1 is 0.903 bits per heavy atom. The van der Waals surface area contributed by atoms with Gasteiger partial charge in [-0.1, -0.05) is 60.7 Å². The molecule has 1 N–H and O–H groups in total. The molecule has 0 radical (unpaired) electrons. The van der Waals surface area contributed by atoms with Crippen molar-refractivity contribution in [1.29, 1.82) is 0 Å². The molecule has 1 atom stereocenters. The Bertz CT molecular complexity index is 1380. The number of carbonyl (C=O) groups is 2. The number of nitrogens with zero attached hydrogens (tertiary/aromatic N) is 3. The maximum absolute atomic E-state index is 13.3. The first-order valence-electron chi connectivity index (χ1n) is 10.4. The summed E-state index contributed by atoms with van der Waals surface area (Å²) in [6.07, 6.45) is 2.19. The largest absolute Gasteiger partial charge is 0.357 e. The number of amides is 2. The predicted octanol–water partition coefficient (Wildman–Crippen LogP) is 3.45. The number of piperazine rings is 1. The number of H-pyrrole nitrogens is 1. The van der Waals surface area contributed by atoms with Crippen LogP contribution in [0.25, 0.3) is 21.7 Å². The molecular weight excluding hydrogens is 388 g/mol. The molecule has 31 heavy (non-hydrogen) atoms. The van der Waals surface area contributed by atoms with Crippen molar-refractivity contribution in [1.82, 2.24) is 14.9 Å². The van der Waals surface area contributed by atoms with Crippen molar-refractivity contribution in [3.63, 3.8) is 0 Å². The molecule has 3 aromatic carbocycles. The summed E-state index contributed by atoms with van der Waals surface area (Å²) in [6.45, 7) is 0.395. The smallest absolute Gasteiger partial charge is 0.266 e. The SMILES string of the molecule is O=C1[C@H]2Cc3c([nH]c4ccccc34)CN2C(=O)CN1/N=C/c1cccc2ccccc12. The Labute approximate surface area is 178 Å². The van der Waals surface area contributed by atoms with Crippen LogP contribution in [0.4, 0.5) is 0 Å². The highest BCUT2D eigenvalue weighted by Crippen LogP contribution is 2.32. The number of hydrogen-bond acceptors (Lipinski definition) is 3. The minimum absolute atomic E-state index is 0.0356. The van der Waals surface area contributed by atoms with E-state index in [0.29, 0.717) is 13.0 Å². The molecule has 2 aliphatic rings. The first kappa shape index (κ1) is 17.9. The number of para-hydroxylation sites is 1. The number of nitrogens with one attached hydrogen (secondary N) is 1. The van der Waals surface area contributed by atoms with Gasteiger partial charge in [0.05, 0.1) is 12.8 Å². The van der Waals surface area contributed by atoms with Gasteiger partial charge in [-0.15, -0.1) is 0 Å². The molecule has 1 aromatic heterocycles. The van der Waals surface area contributed by atoms with Crippen molar-refractivity contribution in [3.8, 4) is 0 Å². The monoisotopic (exact) mass is 408 g/mol. The molecule has 152 valence electrons. The molecule has 4 aromatic rings. The average molecular weight is 408 g/mol. The third-order valence-corrected chi connectivity index (χ3v) is 6.31. The number of hydrazone groups is 1. The molecule has 0 spiro atoms. The molecule has 1 saturated heterocycles. The highest BCUT2D eigenvalue weighted by atomic mass is 16.2. The zero-order chi connectivity index (χ0) is 20.9. The maximum Gasteiger partial charge on any atom is 0.266 e. The van der Waals surface area contributed by atoms with Crippen LogP contribution in [0.5, 0.6) is 0 Å². The second-order valence-electron chi connectivity index (χ2n) is 8.08. The second-order valence-corrected chi connectivity index (χ2v) is 8.08. The fraction of sp³-hybridized carbons (Fsp3) is 0.160. The van der Waals surface area contributed by atoms with Crippen LogP contribution < -0.4 is 0 Å². The second kappa shape index (κ2) is 6.80. The van der Waals surface area contributed by atoms with Gasteiger partial charge >= 0.3 is 0 Å². The maximum atomic E-state index is 13.3. The fourth-order valence-electron chi connectivity index (χ4n) is 4.75. The van der Waals surface area contributed by atoms with E-state index in [2.05, 4.69) is 16.2 Å². The summed E-state index contributed by atoms with van der Waals surface area (Å²) < 4.78 is 0. The predicted molar refractivity (Wildman–Crippen MR) is 120 cm³/mol. The summed E-state index contributed by atoms with van der Waals surface area (Å²) >= 11 is 0. The van der Waals surface area contributed by atoms with Crippen LogP contribution in [0.1, 0.15) is 16.8 Å². The van der Waals surface area contributed by atoms with E-state index in [1.807, 2.05) is 60.7 Å². The van der Waals surface area contributed by atoms with Crippen LogP contribution in [0.15, 0.2) is 71.8 Å². The molecule has 1 fully saturated rings. The standard InChI is InChI=1S/C25H20N4O2/c30-24-15-29(26-13-17-8-5-7-16-6-1-2-9-18(16)17)25(31)23-12-20-19-10-3-4-11-21(19)27-22(20)14-28(23)24/h1-11,13,23,27H,12,14-15H2/b26-13+/t23-/m1/s1. The minimum Gasteiger partial charge on any atom is -0.357 e. The Hall–Kier alpha value is -3.93. The molecule has 6 heteroatoms. The van der Waals surface area contributed by atoms with Crippen LogP contribution in [-0.4, -0.2) is 45.5 Å². The number of aromatic amines is 1. The highest BCUT2D eigenvalue weighted by Gasteiger charge is 2.43.